The Morgan fingerprint density at radius 2 is 1.86 bits per heavy atom. The number of aliphatic hydroxyl groups excluding tert-OH is 1. The number of carboxylic acid groups (broad SMARTS) is 1. The number of nitrogens with one attached hydrogen (secondary N) is 2. The van der Waals surface area contributed by atoms with Gasteiger partial charge < -0.3 is 0 Å². The summed E-state index contributed by atoms with van der Waals surface area (Å²) in [5.74, 6) is -1.93. The molecule has 226 valence electrons. The molecule has 42 heavy (non-hydrogen) atoms. The molecule has 1 heterocycles. The van der Waals surface area contributed by atoms with E-state index in [1.54, 1.807) is 18.2 Å². The number of benzene rings is 2. The fraction of sp³-hybridized carbons (Fsp3) is 0.333. The standard InChI is InChI=1S/C27H26Cl2F3IN4O5/c28-16-6-4-15(5-7-16)23(34)37(13-22(38)27(30,31)32)25(41)35-12-21-19-8-9-26(42,24(39)40)11-20(19)33(14-36-21)18-3-1-2-17(29)10-18/h1-7,10,22,34,38,42H,8-9,11-14H2,(H,35,41)(H,39,40)/t22-,26?/m0/s1. The van der Waals surface area contributed by atoms with E-state index in [1.165, 1.54) is 24.3 Å². The fourth-order valence-electron chi connectivity index (χ4n) is 4.46. The Balaban J connectivity index is 1.60. The summed E-state index contributed by atoms with van der Waals surface area (Å²) in [6.07, 6.45) is -7.98. The van der Waals surface area contributed by atoms with Gasteiger partial charge in [0.15, 0.2) is 0 Å². The summed E-state index contributed by atoms with van der Waals surface area (Å²) < 4.78 is 41.6. The van der Waals surface area contributed by atoms with Crippen LogP contribution in [0.3, 0.4) is 0 Å². The van der Waals surface area contributed by atoms with E-state index >= 15 is 0 Å². The Hall–Kier alpha value is -2.72. The van der Waals surface area contributed by atoms with Crippen LogP contribution in [0.25, 0.3) is 0 Å². The molecule has 0 saturated heterocycles. The first-order chi connectivity index (χ1) is 19.7. The maximum absolute atomic E-state index is 13.2. The monoisotopic (exact) mass is 740 g/mol. The summed E-state index contributed by atoms with van der Waals surface area (Å²) in [5.41, 5.74) is -0.750. The maximum atomic E-state index is 13.2. The number of rotatable bonds is 7. The van der Waals surface area contributed by atoms with E-state index < -0.39 is 62.1 Å². The molecule has 1 aliphatic heterocycles. The number of hydrogen-bond donors (Lipinski definition) is 5. The van der Waals surface area contributed by atoms with Crippen LogP contribution in [0.5, 0.6) is 0 Å². The molecule has 2 aliphatic rings. The summed E-state index contributed by atoms with van der Waals surface area (Å²) in [4.78, 5) is 30.2. The number of aliphatic imine (C=N–C) groups is 1. The number of carbonyl (C=O) groups excluding carboxylic acids is 1. The number of hydrogen-bond acceptors (Lipinski definition) is 6. The van der Waals surface area contributed by atoms with Gasteiger partial charge in [-0.05, 0) is 0 Å². The minimum absolute atomic E-state index is 0.0845. The molecule has 9 nitrogen and oxygen atoms in total. The third-order valence-corrected chi connectivity index (χ3v) is 13.1. The number of aliphatic carboxylic acids is 1. The number of alkyl halides is 4. The average molecular weight is 741 g/mol. The predicted octanol–water partition coefficient (Wildman–Crippen LogP) is 5.30. The Kier molecular flexibility index (Phi) is 9.87. The predicted molar refractivity (Wildman–Crippen MR) is 160 cm³/mol. The van der Waals surface area contributed by atoms with Gasteiger partial charge in [0.05, 0.1) is 0 Å². The number of carbonyl (C=O) groups is 2. The van der Waals surface area contributed by atoms with Gasteiger partial charge in [-0.3, -0.25) is 0 Å². The fourth-order valence-corrected chi connectivity index (χ4v) is 11.1. The normalized spacial score (nSPS) is 20.4. The Morgan fingerprint density at radius 3 is 2.48 bits per heavy atom. The van der Waals surface area contributed by atoms with Crippen LogP contribution in [0, 0.1) is 8.98 Å². The zero-order chi connectivity index (χ0) is 30.8. The summed E-state index contributed by atoms with van der Waals surface area (Å²) in [7, 11) is 0. The summed E-state index contributed by atoms with van der Waals surface area (Å²) in [6, 6.07) is 11.6. The second kappa shape index (κ2) is 12.9. The molecule has 0 radical (unpaired) electrons. The van der Waals surface area contributed by atoms with Gasteiger partial charge in [-0.25, -0.2) is 0 Å². The molecule has 1 aliphatic carbocycles. The van der Waals surface area contributed by atoms with Crippen molar-refractivity contribution in [2.24, 2.45) is 4.99 Å². The molecule has 1 unspecified atom stereocenters. The van der Waals surface area contributed by atoms with Crippen molar-refractivity contribution >= 4 is 66.6 Å². The van der Waals surface area contributed by atoms with Gasteiger partial charge in [0.2, 0.25) is 0 Å². The van der Waals surface area contributed by atoms with E-state index in [-0.39, 0.29) is 31.4 Å². The zero-order valence-corrected chi connectivity index (χ0v) is 25.4. The van der Waals surface area contributed by atoms with E-state index in [1.807, 2.05) is 6.07 Å². The van der Waals surface area contributed by atoms with Crippen LogP contribution in [0.15, 0.2) is 62.7 Å². The van der Waals surface area contributed by atoms with Gasteiger partial charge in [-0.15, -0.1) is 0 Å². The van der Waals surface area contributed by atoms with Gasteiger partial charge in [-0.1, -0.05) is 11.6 Å². The molecule has 0 spiro atoms. The van der Waals surface area contributed by atoms with E-state index in [0.717, 1.165) is 7.15 Å². The van der Waals surface area contributed by atoms with Crippen molar-refractivity contribution in [3.63, 3.8) is 0 Å². The number of amidine groups is 1. The number of aliphatic hydroxyl groups is 2. The van der Waals surface area contributed by atoms with Crippen molar-refractivity contribution in [2.45, 2.75) is 37.1 Å². The molecule has 0 saturated carbocycles. The SMILES string of the molecule is N=C(c1ccc(Cl)cc1)N(C[C@H](O)C(F)(F)F)C(=O)NCC1=NCI(c2cccc(Cl)c2)C2=C1CCC(O)(C(=O)O)C2. The topological polar surface area (TPSA) is 146 Å². The number of halogens is 6. The van der Waals surface area contributed by atoms with Crippen LogP contribution in [-0.2, 0) is 4.79 Å². The third kappa shape index (κ3) is 7.25. The molecule has 2 aromatic rings. The van der Waals surface area contributed by atoms with Crippen LogP contribution >= 0.6 is 43.0 Å². The van der Waals surface area contributed by atoms with Crippen molar-refractivity contribution < 1.29 is 38.1 Å². The molecule has 15 heteroatoms. The number of urea groups is 1. The van der Waals surface area contributed by atoms with Gasteiger partial charge >= 0.3 is 245 Å². The Morgan fingerprint density at radius 1 is 1.17 bits per heavy atom. The first kappa shape index (κ1) is 32.2. The van der Waals surface area contributed by atoms with Crippen molar-refractivity contribution in [1.82, 2.24) is 10.2 Å². The summed E-state index contributed by atoms with van der Waals surface area (Å²) in [6.45, 7) is -1.46. The first-order valence-corrected chi connectivity index (χ1v) is 16.9. The van der Waals surface area contributed by atoms with Gasteiger partial charge in [-0.2, -0.15) is 0 Å². The molecule has 4 rings (SSSR count). The van der Waals surface area contributed by atoms with E-state index in [2.05, 4.69) is 10.3 Å². The second-order valence-corrected chi connectivity index (χ2v) is 15.8. The Bertz CT molecular complexity index is 1450. The molecular formula is C27H26Cl2F3IN4O5. The molecule has 2 amide bonds. The molecule has 2 atom stereocenters. The molecule has 0 fully saturated rings. The van der Waals surface area contributed by atoms with E-state index in [9.17, 15) is 38.1 Å². The zero-order valence-electron chi connectivity index (χ0n) is 21.8. The quantitative estimate of drug-likeness (QED) is 0.0861. The van der Waals surface area contributed by atoms with Gasteiger partial charge in [0.25, 0.3) is 0 Å². The summed E-state index contributed by atoms with van der Waals surface area (Å²) >= 11 is 9.71. The number of nitrogens with zero attached hydrogens (tertiary/aromatic N) is 2. The van der Waals surface area contributed by atoms with Crippen LogP contribution in [0.4, 0.5) is 18.0 Å². The average Bonchev–Trinajstić information content (AvgIpc) is 2.93. The number of carboxylic acids is 1. The van der Waals surface area contributed by atoms with E-state index in [4.69, 9.17) is 28.6 Å². The van der Waals surface area contributed by atoms with Crippen LogP contribution < -0.4 is 5.32 Å². The third-order valence-electron chi connectivity index (χ3n) is 6.78. The van der Waals surface area contributed by atoms with E-state index in [0.29, 0.717) is 30.8 Å². The van der Waals surface area contributed by atoms with Crippen LogP contribution in [0.1, 0.15) is 24.8 Å². The van der Waals surface area contributed by atoms with Gasteiger partial charge in [0, 0.05) is 0 Å². The van der Waals surface area contributed by atoms with Crippen molar-refractivity contribution in [3.8, 4) is 0 Å². The minimum atomic E-state index is -5.03. The van der Waals surface area contributed by atoms with Crippen molar-refractivity contribution in [3.05, 3.63) is 76.9 Å². The summed E-state index contributed by atoms with van der Waals surface area (Å²) in [5, 5.41) is 41.9. The molecule has 2 aromatic carbocycles. The molecule has 5 N–H and O–H groups in total. The van der Waals surface area contributed by atoms with Gasteiger partial charge in [0.1, 0.15) is 0 Å². The van der Waals surface area contributed by atoms with Crippen molar-refractivity contribution in [2.75, 3.05) is 17.6 Å². The molecule has 0 aromatic heterocycles. The van der Waals surface area contributed by atoms with Crippen LogP contribution in [0.2, 0.25) is 10.0 Å². The molecule has 0 bridgehead atoms. The van der Waals surface area contributed by atoms with Crippen molar-refractivity contribution in [1.29, 1.82) is 5.41 Å². The second-order valence-electron chi connectivity index (χ2n) is 9.61. The number of amides is 2. The first-order valence-electron chi connectivity index (χ1n) is 12.5. The Labute approximate surface area is 255 Å². The molecular weight excluding hydrogens is 715 g/mol. The van der Waals surface area contributed by atoms with Crippen LogP contribution in [-0.4, -0.2) is 79.3 Å².